The van der Waals surface area contributed by atoms with Crippen LogP contribution in [0.2, 0.25) is 0 Å². The van der Waals surface area contributed by atoms with E-state index >= 15 is 0 Å². The number of carbonyl (C=O) groups excluding carboxylic acids is 1. The Morgan fingerprint density at radius 2 is 1.96 bits per heavy atom. The van der Waals surface area contributed by atoms with Crippen LogP contribution in [0.3, 0.4) is 0 Å². The van der Waals surface area contributed by atoms with Crippen LogP contribution in [0.25, 0.3) is 0 Å². The van der Waals surface area contributed by atoms with Gasteiger partial charge in [0.25, 0.3) is 10.0 Å². The smallest absolute Gasteiger partial charge is 0.252 e. The Morgan fingerprint density at radius 3 is 2.65 bits per heavy atom. The minimum absolute atomic E-state index is 0.220. The van der Waals surface area contributed by atoms with Gasteiger partial charge < -0.3 is 5.32 Å². The summed E-state index contributed by atoms with van der Waals surface area (Å²) in [4.78, 5) is 13.4. The number of nitrogens with one attached hydrogen (secondary N) is 1. The van der Waals surface area contributed by atoms with Crippen molar-refractivity contribution in [2.24, 2.45) is 0 Å². The molecule has 0 aliphatic heterocycles. The number of nitrogens with zero attached hydrogens (tertiary/aromatic N) is 1. The molecule has 1 amide bonds. The molecule has 1 aromatic carbocycles. The monoisotopic (exact) mass is 410 g/mol. The molecule has 0 atom stereocenters. The third kappa shape index (κ3) is 4.68. The molecule has 0 bridgehead atoms. The van der Waals surface area contributed by atoms with Crippen LogP contribution in [-0.4, -0.2) is 37.5 Å². The number of amides is 1. The van der Waals surface area contributed by atoms with Crippen LogP contribution < -0.4 is 5.32 Å². The van der Waals surface area contributed by atoms with E-state index in [1.807, 2.05) is 24.3 Å². The van der Waals surface area contributed by atoms with E-state index in [0.717, 1.165) is 26.2 Å². The number of anilines is 1. The lowest BCUT2D eigenvalue weighted by Gasteiger charge is -2.17. The fourth-order valence-electron chi connectivity index (χ4n) is 2.90. The Bertz CT molecular complexity index is 844. The lowest BCUT2D eigenvalue weighted by Crippen LogP contribution is -2.34. The van der Waals surface area contributed by atoms with Crippen molar-refractivity contribution in [3.63, 3.8) is 0 Å². The molecule has 8 heteroatoms. The largest absolute Gasteiger partial charge is 0.324 e. The summed E-state index contributed by atoms with van der Waals surface area (Å²) in [6.07, 6.45) is 4.93. The van der Waals surface area contributed by atoms with Crippen LogP contribution in [-0.2, 0) is 14.8 Å². The summed E-state index contributed by atoms with van der Waals surface area (Å²) < 4.78 is 26.2. The minimum atomic E-state index is -3.63. The Balaban J connectivity index is 1.65. The van der Waals surface area contributed by atoms with Gasteiger partial charge in [-0.05, 0) is 36.4 Å². The maximum absolute atomic E-state index is 12.4. The molecule has 1 fully saturated rings. The predicted molar refractivity (Wildman–Crippen MR) is 107 cm³/mol. The van der Waals surface area contributed by atoms with Gasteiger partial charge in [0.1, 0.15) is 4.21 Å². The zero-order chi connectivity index (χ0) is 18.6. The fraction of sp³-hybridized carbons (Fsp3) is 0.389. The second kappa shape index (κ2) is 8.56. The van der Waals surface area contributed by atoms with Crippen molar-refractivity contribution in [1.29, 1.82) is 0 Å². The molecule has 1 saturated carbocycles. The summed E-state index contributed by atoms with van der Waals surface area (Å²) in [5.41, 5.74) is 0.747. The van der Waals surface area contributed by atoms with Gasteiger partial charge in [-0.25, -0.2) is 8.42 Å². The second-order valence-corrected chi connectivity index (χ2v) is 10.8. The first kappa shape index (κ1) is 19.4. The molecule has 0 radical (unpaired) electrons. The van der Waals surface area contributed by atoms with E-state index in [1.54, 1.807) is 29.3 Å². The quantitative estimate of drug-likeness (QED) is 0.748. The Labute approximate surface area is 162 Å². The Morgan fingerprint density at radius 1 is 1.23 bits per heavy atom. The number of thioether (sulfide) groups is 1. The standard InChI is InChI=1S/C18H22N2O3S3/c1-20(26(22,23)18-11-6-12-24-18)13-17(21)19-15-9-4-5-10-16(15)25-14-7-2-3-8-14/h4-6,9-12,14H,2-3,7-8,13H2,1H3,(H,19,21). The summed E-state index contributed by atoms with van der Waals surface area (Å²) in [6.45, 7) is -0.220. The third-order valence-electron chi connectivity index (χ3n) is 4.28. The normalized spacial score (nSPS) is 15.5. The van der Waals surface area contributed by atoms with Gasteiger partial charge in [0.15, 0.2) is 0 Å². The van der Waals surface area contributed by atoms with Crippen LogP contribution in [0.5, 0.6) is 0 Å². The highest BCUT2D eigenvalue weighted by atomic mass is 32.2. The van der Waals surface area contributed by atoms with E-state index in [0.29, 0.717) is 5.25 Å². The topological polar surface area (TPSA) is 66.5 Å². The first-order chi connectivity index (χ1) is 12.5. The van der Waals surface area contributed by atoms with E-state index in [4.69, 9.17) is 0 Å². The summed E-state index contributed by atoms with van der Waals surface area (Å²) in [6, 6.07) is 10.9. The molecule has 1 aliphatic carbocycles. The van der Waals surface area contributed by atoms with Crippen molar-refractivity contribution >= 4 is 44.7 Å². The fourth-order valence-corrected chi connectivity index (χ4v) is 6.56. The number of sulfonamides is 1. The average molecular weight is 411 g/mol. The number of benzene rings is 1. The molecule has 0 spiro atoms. The maximum Gasteiger partial charge on any atom is 0.252 e. The van der Waals surface area contributed by atoms with Crippen molar-refractivity contribution in [3.05, 3.63) is 41.8 Å². The first-order valence-electron chi connectivity index (χ1n) is 8.52. The number of hydrogen-bond acceptors (Lipinski definition) is 5. The number of thiophene rings is 1. The highest BCUT2D eigenvalue weighted by Gasteiger charge is 2.24. The summed E-state index contributed by atoms with van der Waals surface area (Å²) in [7, 11) is -2.20. The van der Waals surface area contributed by atoms with Gasteiger partial charge in [0, 0.05) is 17.2 Å². The molecule has 0 unspecified atom stereocenters. The van der Waals surface area contributed by atoms with E-state index < -0.39 is 10.0 Å². The second-order valence-electron chi connectivity index (χ2n) is 6.26. The van der Waals surface area contributed by atoms with Crippen LogP contribution in [0.1, 0.15) is 25.7 Å². The number of likely N-dealkylation sites (N-methyl/N-ethyl adjacent to an activating group) is 1. The zero-order valence-corrected chi connectivity index (χ0v) is 17.0. The van der Waals surface area contributed by atoms with Gasteiger partial charge in [-0.2, -0.15) is 4.31 Å². The Kier molecular flexibility index (Phi) is 6.39. The van der Waals surface area contributed by atoms with Crippen molar-refractivity contribution in [2.75, 3.05) is 18.9 Å². The van der Waals surface area contributed by atoms with Gasteiger partial charge in [0.05, 0.1) is 12.2 Å². The summed E-state index contributed by atoms with van der Waals surface area (Å²) in [5, 5.41) is 5.17. The van der Waals surface area contributed by atoms with Crippen LogP contribution in [0.4, 0.5) is 5.69 Å². The van der Waals surface area contributed by atoms with Crippen molar-refractivity contribution in [1.82, 2.24) is 4.31 Å². The third-order valence-corrected chi connectivity index (χ3v) is 8.87. The van der Waals surface area contributed by atoms with Gasteiger partial charge in [-0.3, -0.25) is 4.79 Å². The zero-order valence-electron chi connectivity index (χ0n) is 14.6. The molecular formula is C18H22N2O3S3. The maximum atomic E-state index is 12.4. The van der Waals surface area contributed by atoms with Gasteiger partial charge in [-0.15, -0.1) is 23.1 Å². The molecule has 1 heterocycles. The minimum Gasteiger partial charge on any atom is -0.324 e. The van der Waals surface area contributed by atoms with Crippen molar-refractivity contribution in [3.8, 4) is 0 Å². The van der Waals surface area contributed by atoms with Crippen LogP contribution in [0.15, 0.2) is 50.9 Å². The molecule has 1 aromatic heterocycles. The molecule has 2 aromatic rings. The van der Waals surface area contributed by atoms with Crippen LogP contribution in [0, 0.1) is 0 Å². The highest BCUT2D eigenvalue weighted by Crippen LogP contribution is 2.38. The van der Waals surface area contributed by atoms with Gasteiger partial charge >= 0.3 is 0 Å². The summed E-state index contributed by atoms with van der Waals surface area (Å²) in [5.74, 6) is -0.341. The predicted octanol–water partition coefficient (Wildman–Crippen LogP) is 4.04. The molecule has 5 nitrogen and oxygen atoms in total. The van der Waals surface area contributed by atoms with E-state index in [2.05, 4.69) is 5.32 Å². The lowest BCUT2D eigenvalue weighted by molar-refractivity contribution is -0.116. The molecule has 1 aliphatic rings. The molecule has 26 heavy (non-hydrogen) atoms. The SMILES string of the molecule is CN(CC(=O)Nc1ccccc1SC1CCCC1)S(=O)(=O)c1cccs1. The van der Waals surface area contributed by atoms with Gasteiger partial charge in [0.2, 0.25) is 5.91 Å². The molecule has 140 valence electrons. The van der Waals surface area contributed by atoms with Gasteiger partial charge in [-0.1, -0.05) is 31.0 Å². The number of rotatable bonds is 7. The van der Waals surface area contributed by atoms with E-state index in [1.165, 1.54) is 32.7 Å². The van der Waals surface area contributed by atoms with E-state index in [9.17, 15) is 13.2 Å². The average Bonchev–Trinajstić information content (AvgIpc) is 3.30. The lowest BCUT2D eigenvalue weighted by atomic mass is 10.3. The molecule has 1 N–H and O–H groups in total. The van der Waals surface area contributed by atoms with E-state index in [-0.39, 0.29) is 16.7 Å². The molecule has 0 saturated heterocycles. The Hall–Kier alpha value is -1.35. The summed E-state index contributed by atoms with van der Waals surface area (Å²) >= 11 is 2.94. The van der Waals surface area contributed by atoms with Crippen molar-refractivity contribution in [2.45, 2.75) is 40.0 Å². The highest BCUT2D eigenvalue weighted by molar-refractivity contribution is 8.00. The first-order valence-corrected chi connectivity index (χ1v) is 11.7. The van der Waals surface area contributed by atoms with Crippen molar-refractivity contribution < 1.29 is 13.2 Å². The number of para-hydroxylation sites is 1. The number of hydrogen-bond donors (Lipinski definition) is 1. The molecule has 3 rings (SSSR count). The molecular weight excluding hydrogens is 388 g/mol. The van der Waals surface area contributed by atoms with Crippen LogP contribution >= 0.6 is 23.1 Å². The number of carbonyl (C=O) groups is 1.